The lowest BCUT2D eigenvalue weighted by molar-refractivity contribution is -0.185. The van der Waals surface area contributed by atoms with Gasteiger partial charge in [-0.05, 0) is 83.3 Å². The van der Waals surface area contributed by atoms with Gasteiger partial charge in [0, 0.05) is 51.9 Å². The smallest absolute Gasteiger partial charge is 0.419 e. The van der Waals surface area contributed by atoms with Crippen molar-refractivity contribution >= 4 is 11.9 Å². The van der Waals surface area contributed by atoms with Crippen LogP contribution in [0.4, 0.5) is 0 Å². The molecule has 0 radical (unpaired) electrons. The molecule has 2 atom stereocenters. The van der Waals surface area contributed by atoms with Crippen molar-refractivity contribution in [2.24, 2.45) is 0 Å². The maximum absolute atomic E-state index is 14.1. The van der Waals surface area contributed by atoms with E-state index in [9.17, 15) is 9.59 Å². The molecule has 0 fully saturated rings. The second-order valence-electron chi connectivity index (χ2n) is 17.5. The minimum atomic E-state index is -1.03. The predicted octanol–water partition coefficient (Wildman–Crippen LogP) is 11.9. The Labute approximate surface area is 416 Å². The Balaban J connectivity index is 1.20. The van der Waals surface area contributed by atoms with Gasteiger partial charge in [-0.1, -0.05) is 161 Å². The lowest BCUT2D eigenvalue weighted by atomic mass is 10.1. The first-order valence-electron chi connectivity index (χ1n) is 25.2. The summed E-state index contributed by atoms with van der Waals surface area (Å²) in [4.78, 5) is 32.4. The van der Waals surface area contributed by atoms with Crippen LogP contribution in [-0.2, 0) is 58.0 Å². The molecule has 370 valence electrons. The number of ether oxygens (including phenoxy) is 6. The molecule has 6 aromatic rings. The summed E-state index contributed by atoms with van der Waals surface area (Å²) >= 11 is 0. The first kappa shape index (κ1) is 52.7. The van der Waals surface area contributed by atoms with Crippen molar-refractivity contribution in [2.45, 2.75) is 105 Å². The highest BCUT2D eigenvalue weighted by Gasteiger charge is 2.31. The average molecular weight is 949 g/mol. The topological polar surface area (TPSA) is 96.0 Å². The zero-order valence-corrected chi connectivity index (χ0v) is 41.6. The Morgan fingerprint density at radius 2 is 0.714 bits per heavy atom. The highest BCUT2D eigenvalue weighted by molar-refractivity contribution is 6.29. The molecule has 0 saturated carbocycles. The van der Waals surface area contributed by atoms with Gasteiger partial charge < -0.3 is 28.4 Å². The summed E-state index contributed by atoms with van der Waals surface area (Å²) in [6.45, 7) is 12.7. The molecule has 0 amide bonds. The second-order valence-corrected chi connectivity index (χ2v) is 17.5. The number of esters is 2. The van der Waals surface area contributed by atoms with Crippen molar-refractivity contribution in [1.29, 1.82) is 0 Å². The normalized spacial score (nSPS) is 12.0. The van der Waals surface area contributed by atoms with E-state index >= 15 is 0 Å². The first-order chi connectivity index (χ1) is 34.3. The molecular formula is C60H72N2O8. The molecule has 0 spiro atoms. The molecule has 6 rings (SSSR count). The van der Waals surface area contributed by atoms with Crippen molar-refractivity contribution in [3.05, 3.63) is 191 Å². The van der Waals surface area contributed by atoms with Gasteiger partial charge in [-0.15, -0.1) is 0 Å². The molecule has 2 unspecified atom stereocenters. The number of benzene rings is 6. The summed E-state index contributed by atoms with van der Waals surface area (Å²) in [5.74, 6) is 0.368. The number of hydrogen-bond acceptors (Lipinski definition) is 10. The van der Waals surface area contributed by atoms with E-state index < -0.39 is 24.4 Å². The summed E-state index contributed by atoms with van der Waals surface area (Å²) in [6.07, 6.45) is 3.96. The van der Waals surface area contributed by atoms with Crippen LogP contribution in [0.3, 0.4) is 0 Å². The Morgan fingerprint density at radius 3 is 1.04 bits per heavy atom. The van der Waals surface area contributed by atoms with Crippen LogP contribution in [0.1, 0.15) is 86.8 Å². The van der Waals surface area contributed by atoms with Crippen molar-refractivity contribution in [3.8, 4) is 23.0 Å². The summed E-state index contributed by atoms with van der Waals surface area (Å²) in [6, 6.07) is 52.1. The molecule has 0 aromatic heterocycles. The van der Waals surface area contributed by atoms with Crippen LogP contribution < -0.4 is 18.9 Å². The molecule has 70 heavy (non-hydrogen) atoms. The highest BCUT2D eigenvalue weighted by atomic mass is 16.6. The third-order valence-corrected chi connectivity index (χ3v) is 11.8. The molecule has 0 aliphatic carbocycles. The average Bonchev–Trinajstić information content (AvgIpc) is 3.39. The van der Waals surface area contributed by atoms with E-state index in [1.165, 1.54) is 11.1 Å². The number of rotatable bonds is 30. The zero-order valence-electron chi connectivity index (χ0n) is 41.6. The van der Waals surface area contributed by atoms with Gasteiger partial charge in [-0.2, -0.15) is 0 Å². The fourth-order valence-corrected chi connectivity index (χ4v) is 8.33. The third kappa shape index (κ3) is 17.4. The van der Waals surface area contributed by atoms with E-state index in [1.807, 2.05) is 133 Å². The van der Waals surface area contributed by atoms with Crippen molar-refractivity contribution in [3.63, 3.8) is 0 Å². The number of nitrogens with zero attached hydrogens (tertiary/aromatic N) is 2. The number of carbonyl (C=O) groups excluding carboxylic acids is 2. The molecule has 0 heterocycles. The molecule has 10 nitrogen and oxygen atoms in total. The number of carbonyl (C=O) groups is 2. The largest absolute Gasteiger partial charge is 0.489 e. The van der Waals surface area contributed by atoms with Gasteiger partial charge >= 0.3 is 11.9 Å². The van der Waals surface area contributed by atoms with Crippen LogP contribution in [0.5, 0.6) is 23.0 Å². The van der Waals surface area contributed by atoms with Crippen LogP contribution in [0, 0.1) is 0 Å². The Kier molecular flexibility index (Phi) is 22.2. The van der Waals surface area contributed by atoms with E-state index in [-0.39, 0.29) is 0 Å². The van der Waals surface area contributed by atoms with Crippen LogP contribution in [0.2, 0.25) is 0 Å². The van der Waals surface area contributed by atoms with E-state index in [2.05, 4.69) is 61.8 Å². The molecule has 0 aliphatic heterocycles. The predicted molar refractivity (Wildman–Crippen MR) is 277 cm³/mol. The quantitative estimate of drug-likeness (QED) is 0.0247. The molecule has 0 N–H and O–H groups in total. The van der Waals surface area contributed by atoms with Gasteiger partial charge in [0.1, 0.15) is 13.2 Å². The molecule has 6 aromatic carbocycles. The van der Waals surface area contributed by atoms with Gasteiger partial charge in [0.05, 0.1) is 13.2 Å². The maximum atomic E-state index is 14.1. The Morgan fingerprint density at radius 1 is 0.386 bits per heavy atom. The van der Waals surface area contributed by atoms with Crippen molar-refractivity contribution < 1.29 is 38.0 Å². The van der Waals surface area contributed by atoms with Gasteiger partial charge in [-0.3, -0.25) is 9.80 Å². The van der Waals surface area contributed by atoms with Gasteiger partial charge in [0.2, 0.25) is 0 Å². The lowest BCUT2D eigenvalue weighted by Crippen LogP contribution is -2.45. The molecular weight excluding hydrogens is 877 g/mol. The van der Waals surface area contributed by atoms with E-state index in [0.717, 1.165) is 60.8 Å². The molecule has 10 heteroatoms. The maximum Gasteiger partial charge on any atom is 0.419 e. The van der Waals surface area contributed by atoms with Gasteiger partial charge in [-0.25, -0.2) is 9.59 Å². The SMILES string of the molecule is CCCN(CCC)C(Cc1ccc(OCCc2ccccc2)c(OCc2ccccc2)c1)OC(=O)C(=O)OC(Cc1ccc(OCCc2ccccc2)c(OCc2ccccc2)c1)N(CCC)CCC. The van der Waals surface area contributed by atoms with E-state index in [4.69, 9.17) is 28.4 Å². The van der Waals surface area contributed by atoms with Crippen molar-refractivity contribution in [2.75, 3.05) is 39.4 Å². The van der Waals surface area contributed by atoms with Crippen LogP contribution in [-0.4, -0.2) is 73.6 Å². The van der Waals surface area contributed by atoms with Crippen LogP contribution in [0.15, 0.2) is 158 Å². The minimum absolute atomic E-state index is 0.317. The Hall–Kier alpha value is -6.62. The molecule has 0 saturated heterocycles. The summed E-state index contributed by atoms with van der Waals surface area (Å²) < 4.78 is 37.9. The standard InChI is InChI=1S/C60H72N2O8/c1-5-35-61(36-6-2)57(43-51-29-31-53(65-39-33-47-21-13-9-14-22-47)55(41-51)67-45-49-25-17-11-18-26-49)69-59(63)60(64)70-58(62(37-7-3)38-8-4)44-52-30-32-54(66-40-34-48-23-15-10-16-24-48)56(42-52)68-46-50-27-19-12-20-28-50/h9-32,41-42,57-58H,5-8,33-40,43-46H2,1-4H3. The molecule has 0 bridgehead atoms. The van der Waals surface area contributed by atoms with E-state index in [1.54, 1.807) is 0 Å². The fraction of sp³-hybridized carbons (Fsp3) is 0.367. The minimum Gasteiger partial charge on any atom is -0.489 e. The van der Waals surface area contributed by atoms with Gasteiger partial charge in [0.25, 0.3) is 0 Å². The first-order valence-corrected chi connectivity index (χ1v) is 25.2. The van der Waals surface area contributed by atoms with Gasteiger partial charge in [0.15, 0.2) is 35.5 Å². The zero-order chi connectivity index (χ0) is 49.2. The van der Waals surface area contributed by atoms with E-state index in [0.29, 0.717) is 88.4 Å². The Bertz CT molecular complexity index is 2240. The summed E-state index contributed by atoms with van der Waals surface area (Å²) in [5, 5.41) is 0. The number of hydrogen-bond donors (Lipinski definition) is 0. The monoisotopic (exact) mass is 949 g/mol. The van der Waals surface area contributed by atoms with Crippen LogP contribution >= 0.6 is 0 Å². The summed E-state index contributed by atoms with van der Waals surface area (Å²) in [5.41, 5.74) is 6.16. The molecule has 0 aliphatic rings. The van der Waals surface area contributed by atoms with Crippen molar-refractivity contribution in [1.82, 2.24) is 9.80 Å². The third-order valence-electron chi connectivity index (χ3n) is 11.8. The summed E-state index contributed by atoms with van der Waals surface area (Å²) in [7, 11) is 0. The lowest BCUT2D eigenvalue weighted by Gasteiger charge is -2.32. The van der Waals surface area contributed by atoms with Crippen LogP contribution in [0.25, 0.3) is 0 Å². The second kappa shape index (κ2) is 29.4. The fourth-order valence-electron chi connectivity index (χ4n) is 8.33. The highest BCUT2D eigenvalue weighted by Crippen LogP contribution is 2.32.